The molecule has 110 valence electrons. The Kier molecular flexibility index (Phi) is 5.28. The second-order valence-corrected chi connectivity index (χ2v) is 6.27. The predicted molar refractivity (Wildman–Crippen MR) is 86.0 cm³/mol. The van der Waals surface area contributed by atoms with Crippen LogP contribution in [0.4, 0.5) is 5.69 Å². The summed E-state index contributed by atoms with van der Waals surface area (Å²) in [6.45, 7) is 0. The summed E-state index contributed by atoms with van der Waals surface area (Å²) in [7, 11) is 1.28. The van der Waals surface area contributed by atoms with Crippen molar-refractivity contribution in [1.29, 1.82) is 5.26 Å². The summed E-state index contributed by atoms with van der Waals surface area (Å²) in [4.78, 5) is 12.1. The molecule has 0 N–H and O–H groups in total. The van der Waals surface area contributed by atoms with E-state index in [9.17, 15) is 10.1 Å². The highest BCUT2D eigenvalue weighted by Crippen LogP contribution is 2.38. The maximum absolute atomic E-state index is 12.1. The van der Waals surface area contributed by atoms with Crippen LogP contribution >= 0.6 is 22.6 Å². The Morgan fingerprint density at radius 3 is 2.52 bits per heavy atom. The molecule has 0 amide bonds. The van der Waals surface area contributed by atoms with Crippen molar-refractivity contribution in [1.82, 2.24) is 0 Å². The molecule has 1 aliphatic rings. The van der Waals surface area contributed by atoms with Crippen LogP contribution in [0.1, 0.15) is 25.7 Å². The van der Waals surface area contributed by atoms with Gasteiger partial charge in [-0.3, -0.25) is 0 Å². The first-order valence-electron chi connectivity index (χ1n) is 6.80. The van der Waals surface area contributed by atoms with E-state index in [1.54, 1.807) is 12.1 Å². The smallest absolute Gasteiger partial charge is 0.350 e. The molecule has 21 heavy (non-hydrogen) atoms. The first-order chi connectivity index (χ1) is 10.1. The van der Waals surface area contributed by atoms with Gasteiger partial charge in [0.2, 0.25) is 0 Å². The van der Waals surface area contributed by atoms with E-state index in [-0.39, 0.29) is 5.92 Å². The lowest BCUT2D eigenvalue weighted by Crippen LogP contribution is -2.42. The highest BCUT2D eigenvalue weighted by Gasteiger charge is 2.49. The van der Waals surface area contributed by atoms with Gasteiger partial charge in [-0.2, -0.15) is 15.5 Å². The fourth-order valence-corrected chi connectivity index (χ4v) is 2.95. The molecular formula is C15H16IN3O2. The summed E-state index contributed by atoms with van der Waals surface area (Å²) in [5.41, 5.74) is -0.897. The molecule has 0 radical (unpaired) electrons. The van der Waals surface area contributed by atoms with Crippen molar-refractivity contribution in [2.24, 2.45) is 16.1 Å². The summed E-state index contributed by atoms with van der Waals surface area (Å²) >= 11 is 2.20. The van der Waals surface area contributed by atoms with Crippen LogP contribution in [0.15, 0.2) is 34.5 Å². The fraction of sp³-hybridized carbons (Fsp3) is 0.467. The number of azo groups is 1. The number of hydrogen-bond acceptors (Lipinski definition) is 5. The largest absolute Gasteiger partial charge is 0.466 e. The number of nitriles is 1. The number of ether oxygens (including phenoxy) is 1. The first kappa shape index (κ1) is 15.9. The average molecular weight is 397 g/mol. The highest BCUT2D eigenvalue weighted by atomic mass is 127. The molecule has 1 fully saturated rings. The number of hydrogen-bond donors (Lipinski definition) is 0. The molecule has 1 aromatic carbocycles. The Hall–Kier alpha value is -1.49. The molecule has 1 aliphatic carbocycles. The van der Waals surface area contributed by atoms with E-state index in [0.29, 0.717) is 5.69 Å². The number of halogens is 1. The first-order valence-corrected chi connectivity index (χ1v) is 7.88. The summed E-state index contributed by atoms with van der Waals surface area (Å²) in [6.07, 6.45) is 3.61. The molecule has 1 saturated carbocycles. The van der Waals surface area contributed by atoms with E-state index in [0.717, 1.165) is 29.3 Å². The van der Waals surface area contributed by atoms with Gasteiger partial charge in [-0.25, -0.2) is 4.79 Å². The third kappa shape index (κ3) is 3.40. The van der Waals surface area contributed by atoms with Crippen molar-refractivity contribution >= 4 is 34.2 Å². The van der Waals surface area contributed by atoms with Crippen molar-refractivity contribution in [3.05, 3.63) is 27.8 Å². The Morgan fingerprint density at radius 2 is 2.00 bits per heavy atom. The van der Waals surface area contributed by atoms with Gasteiger partial charge in [-0.05, 0) is 59.7 Å². The van der Waals surface area contributed by atoms with Crippen molar-refractivity contribution in [3.8, 4) is 6.07 Å². The van der Waals surface area contributed by atoms with Crippen molar-refractivity contribution in [3.63, 3.8) is 0 Å². The van der Waals surface area contributed by atoms with Crippen LogP contribution in [0.25, 0.3) is 0 Å². The van der Waals surface area contributed by atoms with Crippen LogP contribution in [0.3, 0.4) is 0 Å². The van der Waals surface area contributed by atoms with Gasteiger partial charge in [-0.1, -0.05) is 12.8 Å². The lowest BCUT2D eigenvalue weighted by molar-refractivity contribution is -0.146. The number of methoxy groups -OCH3 is 1. The number of rotatable bonds is 4. The number of carbonyl (C=O) groups excluding carboxylic acids is 1. The molecule has 1 aromatic rings. The minimum atomic E-state index is -1.52. The van der Waals surface area contributed by atoms with Crippen LogP contribution in [0.2, 0.25) is 0 Å². The quantitative estimate of drug-likeness (QED) is 0.438. The van der Waals surface area contributed by atoms with Crippen molar-refractivity contribution < 1.29 is 9.53 Å². The minimum absolute atomic E-state index is 0.123. The van der Waals surface area contributed by atoms with Crippen LogP contribution in [-0.4, -0.2) is 18.6 Å². The van der Waals surface area contributed by atoms with Crippen LogP contribution in [-0.2, 0) is 9.53 Å². The Labute approximate surface area is 137 Å². The zero-order valence-electron chi connectivity index (χ0n) is 11.8. The lowest BCUT2D eigenvalue weighted by atomic mass is 9.84. The molecule has 0 spiro atoms. The zero-order chi connectivity index (χ0) is 15.3. The Balaban J connectivity index is 2.33. The Morgan fingerprint density at radius 1 is 1.38 bits per heavy atom. The standard InChI is InChI=1S/C15H16IN3O2/c1-21-14(20)15(10-17,11-4-2-3-5-11)19-18-13-8-6-12(16)7-9-13/h6-9,11H,2-5H2,1H3. The molecule has 0 saturated heterocycles. The van der Waals surface area contributed by atoms with E-state index in [1.165, 1.54) is 7.11 Å². The number of benzene rings is 1. The topological polar surface area (TPSA) is 74.8 Å². The van der Waals surface area contributed by atoms with Gasteiger partial charge in [0.25, 0.3) is 5.54 Å². The molecule has 0 heterocycles. The van der Waals surface area contributed by atoms with Crippen LogP contribution in [0, 0.1) is 20.8 Å². The zero-order valence-corrected chi connectivity index (χ0v) is 13.9. The van der Waals surface area contributed by atoms with E-state index >= 15 is 0 Å². The van der Waals surface area contributed by atoms with Gasteiger partial charge >= 0.3 is 5.97 Å². The SMILES string of the molecule is COC(=O)C(C#N)(N=Nc1ccc(I)cc1)C1CCCC1. The Bertz CT molecular complexity index is 574. The summed E-state index contributed by atoms with van der Waals surface area (Å²) in [5.74, 6) is -0.742. The molecule has 6 heteroatoms. The van der Waals surface area contributed by atoms with Gasteiger partial charge < -0.3 is 4.74 Å². The lowest BCUT2D eigenvalue weighted by Gasteiger charge is -2.24. The van der Waals surface area contributed by atoms with E-state index < -0.39 is 11.5 Å². The molecular weight excluding hydrogens is 381 g/mol. The maximum atomic E-state index is 12.1. The summed E-state index contributed by atoms with van der Waals surface area (Å²) in [6, 6.07) is 9.46. The van der Waals surface area contributed by atoms with Gasteiger partial charge in [0, 0.05) is 9.49 Å². The van der Waals surface area contributed by atoms with Gasteiger partial charge in [-0.15, -0.1) is 0 Å². The fourth-order valence-electron chi connectivity index (χ4n) is 2.59. The summed E-state index contributed by atoms with van der Waals surface area (Å²) in [5, 5.41) is 17.8. The van der Waals surface area contributed by atoms with Crippen molar-refractivity contribution in [2.45, 2.75) is 31.2 Å². The number of nitrogens with zero attached hydrogens (tertiary/aromatic N) is 3. The predicted octanol–water partition coefficient (Wildman–Crippen LogP) is 4.00. The minimum Gasteiger partial charge on any atom is -0.466 e. The molecule has 1 atom stereocenters. The van der Waals surface area contributed by atoms with Gasteiger partial charge in [0.05, 0.1) is 12.8 Å². The monoisotopic (exact) mass is 397 g/mol. The maximum Gasteiger partial charge on any atom is 0.350 e. The van der Waals surface area contributed by atoms with Crippen LogP contribution in [0.5, 0.6) is 0 Å². The number of esters is 1. The van der Waals surface area contributed by atoms with E-state index in [1.807, 2.05) is 12.1 Å². The highest BCUT2D eigenvalue weighted by molar-refractivity contribution is 14.1. The third-order valence-electron chi connectivity index (χ3n) is 3.76. The van der Waals surface area contributed by atoms with Crippen LogP contribution < -0.4 is 0 Å². The van der Waals surface area contributed by atoms with Gasteiger partial charge in [0.15, 0.2) is 0 Å². The molecule has 0 aliphatic heterocycles. The molecule has 2 rings (SSSR count). The summed E-state index contributed by atoms with van der Waals surface area (Å²) < 4.78 is 5.90. The van der Waals surface area contributed by atoms with E-state index in [2.05, 4.69) is 38.9 Å². The number of carbonyl (C=O) groups is 1. The molecule has 5 nitrogen and oxygen atoms in total. The molecule has 1 unspecified atom stereocenters. The second kappa shape index (κ2) is 6.98. The average Bonchev–Trinajstić information content (AvgIpc) is 3.04. The molecule has 0 aromatic heterocycles. The van der Waals surface area contributed by atoms with Gasteiger partial charge in [0.1, 0.15) is 6.07 Å². The second-order valence-electron chi connectivity index (χ2n) is 5.03. The molecule has 0 bridgehead atoms. The third-order valence-corrected chi connectivity index (χ3v) is 4.48. The normalized spacial score (nSPS) is 18.3. The van der Waals surface area contributed by atoms with Crippen molar-refractivity contribution in [2.75, 3.05) is 7.11 Å². The van der Waals surface area contributed by atoms with E-state index in [4.69, 9.17) is 4.74 Å².